The van der Waals surface area contributed by atoms with Crippen LogP contribution in [0.5, 0.6) is 0 Å². The number of ether oxygens (including phenoxy) is 2. The molecular weight excluding hydrogens is 506 g/mol. The summed E-state index contributed by atoms with van der Waals surface area (Å²) < 4.78 is 10.4. The summed E-state index contributed by atoms with van der Waals surface area (Å²) in [6.07, 6.45) is 7.19. The molecule has 0 radical (unpaired) electrons. The molecule has 1 amide bonds. The van der Waals surface area contributed by atoms with Crippen LogP contribution in [0, 0.1) is 11.8 Å². The van der Waals surface area contributed by atoms with Crippen molar-refractivity contribution >= 4 is 22.6 Å². The highest BCUT2D eigenvalue weighted by Gasteiger charge is 2.41. The number of fused-ring (bicyclic) bond motifs is 1. The fraction of sp³-hybridized carbons (Fsp3) is 0.531. The normalized spacial score (nSPS) is 19.0. The number of primary amides is 1. The minimum Gasteiger partial charge on any atom is -0.474 e. The molecule has 1 aromatic carbocycles. The zero-order valence-electron chi connectivity index (χ0n) is 25.4. The lowest BCUT2D eigenvalue weighted by Gasteiger charge is -2.31. The molecule has 8 heteroatoms. The number of esters is 1. The van der Waals surface area contributed by atoms with E-state index in [-0.39, 0.29) is 35.0 Å². The number of allylic oxidation sites excluding steroid dienone is 1. The Hall–Kier alpha value is -3.55. The van der Waals surface area contributed by atoms with Crippen molar-refractivity contribution in [3.05, 3.63) is 71.5 Å². The Balaban J connectivity index is 0.000000296. The molecule has 2 aliphatic rings. The van der Waals surface area contributed by atoms with Gasteiger partial charge in [-0.2, -0.15) is 0 Å². The monoisotopic (exact) mass is 555 g/mol. The summed E-state index contributed by atoms with van der Waals surface area (Å²) in [5.41, 5.74) is 6.27. The number of hydrogen-bond donors (Lipinski definition) is 2. The van der Waals surface area contributed by atoms with Gasteiger partial charge in [-0.3, -0.25) is 14.4 Å². The molecule has 4 rings (SSSR count). The van der Waals surface area contributed by atoms with Crippen molar-refractivity contribution in [2.45, 2.75) is 85.8 Å². The Morgan fingerprint density at radius 2 is 1.88 bits per heavy atom. The van der Waals surface area contributed by atoms with Crippen molar-refractivity contribution < 1.29 is 19.1 Å². The van der Waals surface area contributed by atoms with Crippen LogP contribution in [0.1, 0.15) is 73.3 Å². The van der Waals surface area contributed by atoms with Gasteiger partial charge in [-0.15, -0.1) is 6.58 Å². The molecule has 0 spiro atoms. The third-order valence-electron chi connectivity index (χ3n) is 6.30. The maximum absolute atomic E-state index is 11.3. The number of nitrogens with two attached hydrogens (primary N) is 1. The van der Waals surface area contributed by atoms with Crippen LogP contribution in [0.25, 0.3) is 10.8 Å². The second kappa shape index (κ2) is 16.5. The number of rotatable bonds is 7. The van der Waals surface area contributed by atoms with Crippen LogP contribution in [0.4, 0.5) is 0 Å². The topological polar surface area (TPSA) is 115 Å². The van der Waals surface area contributed by atoms with Crippen molar-refractivity contribution in [1.29, 1.82) is 0 Å². The summed E-state index contributed by atoms with van der Waals surface area (Å²) >= 11 is 0. The van der Waals surface area contributed by atoms with Gasteiger partial charge in [0.05, 0.1) is 12.5 Å². The number of aromatic nitrogens is 1. The number of aryl methyl sites for hydroxylation is 1. The predicted octanol–water partition coefficient (Wildman–Crippen LogP) is 5.71. The molecule has 2 heterocycles. The number of carbonyl (C=O) groups is 2. The summed E-state index contributed by atoms with van der Waals surface area (Å²) in [6, 6.07) is 7.62. The Kier molecular flexibility index (Phi) is 14.2. The van der Waals surface area contributed by atoms with E-state index in [2.05, 4.69) is 31.1 Å². The van der Waals surface area contributed by atoms with Gasteiger partial charge >= 0.3 is 5.97 Å². The number of amides is 1. The number of nitrogens with one attached hydrogen (secondary N) is 1. The molecule has 3 N–H and O–H groups in total. The number of carbonyl (C=O) groups excluding carboxylic acids is 2. The molecule has 2 aromatic rings. The summed E-state index contributed by atoms with van der Waals surface area (Å²) in [6.45, 7) is 22.5. The van der Waals surface area contributed by atoms with Crippen molar-refractivity contribution in [1.82, 2.24) is 9.88 Å². The second-order valence-electron chi connectivity index (χ2n) is 10.4. The molecule has 40 heavy (non-hydrogen) atoms. The summed E-state index contributed by atoms with van der Waals surface area (Å²) in [5.74, 6) is 0.693. The van der Waals surface area contributed by atoms with Crippen molar-refractivity contribution in [3.63, 3.8) is 0 Å². The fourth-order valence-corrected chi connectivity index (χ4v) is 4.23. The lowest BCUT2D eigenvalue weighted by Crippen LogP contribution is -2.41. The highest BCUT2D eigenvalue weighted by Crippen LogP contribution is 2.40. The van der Waals surface area contributed by atoms with E-state index < -0.39 is 0 Å². The van der Waals surface area contributed by atoms with Crippen molar-refractivity contribution in [2.24, 2.45) is 17.6 Å². The Bertz CT molecular complexity index is 1180. The SMILES string of the molecule is C=C(OC(C)(C)C)N1CCCC1C(N)=O.C=CC1CC1C(=O)OCC.CC.CCc1ccc2c(=O)[nH]ccc2c1. The van der Waals surface area contributed by atoms with Gasteiger partial charge in [-0.1, -0.05) is 39.0 Å². The standard InChI is InChI=1S/C11H20N2O2.C11H11NO.C8H12O2.C2H6/c1-8(15-11(2,3)4)13-7-5-6-9(13)10(12)14;1-2-8-3-4-10-9(7-8)5-6-12-11(10)13;1-3-6-5-7(6)8(9)10-4-2;1-2/h9H,1,5-7H2,2-4H3,(H2,12,14);3-7H,2H2,1H3,(H,12,13);3,6-7H,1,4-5H2,2H3;1-2H3. The number of H-pyrrole nitrogens is 1. The molecule has 1 aromatic heterocycles. The van der Waals surface area contributed by atoms with E-state index in [1.165, 1.54) is 5.56 Å². The number of pyridine rings is 1. The van der Waals surface area contributed by atoms with Gasteiger partial charge in [0.25, 0.3) is 5.56 Å². The van der Waals surface area contributed by atoms with Gasteiger partial charge < -0.3 is 25.1 Å². The Morgan fingerprint density at radius 1 is 1.20 bits per heavy atom. The van der Waals surface area contributed by atoms with E-state index in [0.717, 1.165) is 43.0 Å². The van der Waals surface area contributed by atoms with Crippen LogP contribution in [0.2, 0.25) is 0 Å². The summed E-state index contributed by atoms with van der Waals surface area (Å²) in [5, 5.41) is 1.78. The van der Waals surface area contributed by atoms with Gasteiger partial charge in [0, 0.05) is 18.1 Å². The van der Waals surface area contributed by atoms with Crippen LogP contribution in [0.15, 0.2) is 60.4 Å². The second-order valence-corrected chi connectivity index (χ2v) is 10.4. The first-order valence-corrected chi connectivity index (χ1v) is 14.2. The van der Waals surface area contributed by atoms with E-state index in [9.17, 15) is 14.4 Å². The van der Waals surface area contributed by atoms with E-state index in [1.54, 1.807) is 6.20 Å². The smallest absolute Gasteiger partial charge is 0.309 e. The third kappa shape index (κ3) is 10.9. The Labute approximate surface area is 239 Å². The maximum Gasteiger partial charge on any atom is 0.309 e. The molecule has 1 saturated heterocycles. The van der Waals surface area contributed by atoms with Crippen LogP contribution >= 0.6 is 0 Å². The minimum absolute atomic E-state index is 0.0137. The van der Waals surface area contributed by atoms with Gasteiger partial charge in [0.2, 0.25) is 5.91 Å². The van der Waals surface area contributed by atoms with Crippen LogP contribution in [0.3, 0.4) is 0 Å². The maximum atomic E-state index is 11.3. The van der Waals surface area contributed by atoms with Gasteiger partial charge in [-0.25, -0.2) is 0 Å². The minimum atomic E-state index is -0.300. The lowest BCUT2D eigenvalue weighted by atomic mass is 10.1. The first kappa shape index (κ1) is 34.5. The molecule has 1 aliphatic heterocycles. The number of likely N-dealkylation sites (tertiary alicyclic amines) is 1. The average molecular weight is 556 g/mol. The number of aromatic amines is 1. The molecule has 1 saturated carbocycles. The van der Waals surface area contributed by atoms with E-state index in [4.69, 9.17) is 15.2 Å². The first-order valence-electron chi connectivity index (χ1n) is 14.2. The van der Waals surface area contributed by atoms with Crippen LogP contribution < -0.4 is 11.3 Å². The van der Waals surface area contributed by atoms with Gasteiger partial charge in [0.1, 0.15) is 11.6 Å². The predicted molar refractivity (Wildman–Crippen MR) is 163 cm³/mol. The zero-order chi connectivity index (χ0) is 30.5. The van der Waals surface area contributed by atoms with Crippen LogP contribution in [-0.4, -0.2) is 46.6 Å². The fourth-order valence-electron chi connectivity index (χ4n) is 4.23. The zero-order valence-corrected chi connectivity index (χ0v) is 25.4. The van der Waals surface area contributed by atoms with Crippen LogP contribution in [-0.2, 0) is 25.5 Å². The van der Waals surface area contributed by atoms with Crippen molar-refractivity contribution in [2.75, 3.05) is 13.2 Å². The quantitative estimate of drug-likeness (QED) is 0.257. The average Bonchev–Trinajstić information content (AvgIpc) is 3.54. The van der Waals surface area contributed by atoms with E-state index in [0.29, 0.717) is 18.4 Å². The first-order chi connectivity index (χ1) is 18.9. The number of benzene rings is 1. The van der Waals surface area contributed by atoms with Crippen molar-refractivity contribution in [3.8, 4) is 0 Å². The number of hydrogen-bond acceptors (Lipinski definition) is 6. The molecule has 3 atom stereocenters. The molecule has 3 unspecified atom stereocenters. The lowest BCUT2D eigenvalue weighted by molar-refractivity contribution is -0.144. The third-order valence-corrected chi connectivity index (χ3v) is 6.30. The molecule has 2 fully saturated rings. The molecule has 1 aliphatic carbocycles. The van der Waals surface area contributed by atoms with E-state index >= 15 is 0 Å². The van der Waals surface area contributed by atoms with Gasteiger partial charge in [0.15, 0.2) is 5.88 Å². The molecule has 8 nitrogen and oxygen atoms in total. The van der Waals surface area contributed by atoms with Gasteiger partial charge in [-0.05, 0) is 89.0 Å². The highest BCUT2D eigenvalue weighted by atomic mass is 16.5. The largest absolute Gasteiger partial charge is 0.474 e. The summed E-state index contributed by atoms with van der Waals surface area (Å²) in [7, 11) is 0. The molecule has 222 valence electrons. The summed E-state index contributed by atoms with van der Waals surface area (Å²) in [4.78, 5) is 37.9. The molecule has 0 bridgehead atoms. The Morgan fingerprint density at radius 3 is 2.40 bits per heavy atom. The van der Waals surface area contributed by atoms with E-state index in [1.807, 2.05) is 70.7 Å². The number of nitrogens with zero attached hydrogens (tertiary/aromatic N) is 1. The highest BCUT2D eigenvalue weighted by molar-refractivity contribution is 5.82. The molecular formula is C32H49N3O5.